The number of nitrogens with zero attached hydrogens (tertiary/aromatic N) is 1. The second-order valence-electron chi connectivity index (χ2n) is 5.40. The van der Waals surface area contributed by atoms with Gasteiger partial charge in [0.05, 0.1) is 18.3 Å². The van der Waals surface area contributed by atoms with Crippen molar-refractivity contribution in [3.63, 3.8) is 0 Å². The van der Waals surface area contributed by atoms with Crippen molar-refractivity contribution < 1.29 is 9.84 Å². The molecular formula is C12H25NO2. The first-order valence-corrected chi connectivity index (χ1v) is 5.98. The summed E-state index contributed by atoms with van der Waals surface area (Å²) < 4.78 is 5.56. The predicted octanol–water partition coefficient (Wildman–Crippen LogP) is 1.65. The van der Waals surface area contributed by atoms with Gasteiger partial charge in [0.1, 0.15) is 0 Å². The van der Waals surface area contributed by atoms with E-state index in [-0.39, 0.29) is 11.7 Å². The van der Waals surface area contributed by atoms with Crippen molar-refractivity contribution in [2.75, 3.05) is 19.7 Å². The zero-order valence-electron chi connectivity index (χ0n) is 10.5. The van der Waals surface area contributed by atoms with Crippen molar-refractivity contribution in [3.05, 3.63) is 0 Å². The summed E-state index contributed by atoms with van der Waals surface area (Å²) in [5.41, 5.74) is -0.155. The maximum absolute atomic E-state index is 9.82. The lowest BCUT2D eigenvalue weighted by atomic mass is 10.2. The SMILES string of the molecule is CCN(CC(O)COC(C)(C)C)C1CC1. The summed E-state index contributed by atoms with van der Waals surface area (Å²) in [6, 6.07) is 0.722. The molecule has 0 aromatic rings. The van der Waals surface area contributed by atoms with E-state index < -0.39 is 0 Å². The van der Waals surface area contributed by atoms with Crippen molar-refractivity contribution in [2.24, 2.45) is 0 Å². The Bertz CT molecular complexity index is 185. The Labute approximate surface area is 93.4 Å². The van der Waals surface area contributed by atoms with Crippen LogP contribution in [0.3, 0.4) is 0 Å². The quantitative estimate of drug-likeness (QED) is 0.731. The van der Waals surface area contributed by atoms with Gasteiger partial charge in [-0.2, -0.15) is 0 Å². The highest BCUT2D eigenvalue weighted by Gasteiger charge is 2.29. The molecule has 0 aromatic carbocycles. The molecule has 1 saturated carbocycles. The van der Waals surface area contributed by atoms with Crippen LogP contribution < -0.4 is 0 Å². The maximum Gasteiger partial charge on any atom is 0.0900 e. The van der Waals surface area contributed by atoms with Crippen molar-refractivity contribution in [1.82, 2.24) is 4.90 Å². The molecule has 1 fully saturated rings. The molecule has 0 spiro atoms. The van der Waals surface area contributed by atoms with Crippen LogP contribution in [0.2, 0.25) is 0 Å². The molecule has 1 atom stereocenters. The molecule has 0 radical (unpaired) electrons. The molecule has 0 saturated heterocycles. The van der Waals surface area contributed by atoms with E-state index >= 15 is 0 Å². The molecule has 0 amide bonds. The first-order chi connectivity index (χ1) is 6.92. The van der Waals surface area contributed by atoms with E-state index in [1.165, 1.54) is 12.8 Å². The van der Waals surface area contributed by atoms with Gasteiger partial charge < -0.3 is 9.84 Å². The van der Waals surface area contributed by atoms with Gasteiger partial charge in [0.2, 0.25) is 0 Å². The lowest BCUT2D eigenvalue weighted by molar-refractivity contribution is -0.0563. The second kappa shape index (κ2) is 5.28. The van der Waals surface area contributed by atoms with Gasteiger partial charge in [-0.05, 0) is 40.2 Å². The zero-order chi connectivity index (χ0) is 11.5. The molecule has 1 rings (SSSR count). The molecular weight excluding hydrogens is 190 g/mol. The third-order valence-corrected chi connectivity index (χ3v) is 2.62. The van der Waals surface area contributed by atoms with Gasteiger partial charge >= 0.3 is 0 Å². The molecule has 1 N–H and O–H groups in total. The first kappa shape index (κ1) is 12.9. The molecule has 1 aliphatic rings. The fourth-order valence-electron chi connectivity index (χ4n) is 1.65. The average Bonchev–Trinajstić information content (AvgIpc) is 2.93. The monoisotopic (exact) mass is 215 g/mol. The summed E-state index contributed by atoms with van der Waals surface area (Å²) in [6.45, 7) is 10.4. The third kappa shape index (κ3) is 5.50. The molecule has 3 nitrogen and oxygen atoms in total. The predicted molar refractivity (Wildman–Crippen MR) is 62.0 cm³/mol. The number of ether oxygens (including phenoxy) is 1. The van der Waals surface area contributed by atoms with Crippen molar-refractivity contribution in [3.8, 4) is 0 Å². The summed E-state index contributed by atoms with van der Waals surface area (Å²) in [5.74, 6) is 0. The van der Waals surface area contributed by atoms with E-state index in [0.29, 0.717) is 6.61 Å². The van der Waals surface area contributed by atoms with Crippen molar-refractivity contribution in [1.29, 1.82) is 0 Å². The number of aliphatic hydroxyl groups is 1. The van der Waals surface area contributed by atoms with Gasteiger partial charge in [0, 0.05) is 12.6 Å². The second-order valence-corrected chi connectivity index (χ2v) is 5.40. The lowest BCUT2D eigenvalue weighted by Crippen LogP contribution is -2.38. The van der Waals surface area contributed by atoms with Crippen LogP contribution in [-0.2, 0) is 4.74 Å². The van der Waals surface area contributed by atoms with Crippen LogP contribution in [0.5, 0.6) is 0 Å². The minimum Gasteiger partial charge on any atom is -0.389 e. The highest BCUT2D eigenvalue weighted by molar-refractivity contribution is 4.85. The van der Waals surface area contributed by atoms with Gasteiger partial charge in [-0.15, -0.1) is 0 Å². The Hall–Kier alpha value is -0.120. The largest absolute Gasteiger partial charge is 0.389 e. The maximum atomic E-state index is 9.82. The van der Waals surface area contributed by atoms with Crippen molar-refractivity contribution >= 4 is 0 Å². The van der Waals surface area contributed by atoms with Crippen LogP contribution >= 0.6 is 0 Å². The molecule has 1 aliphatic carbocycles. The Kier molecular flexibility index (Phi) is 4.56. The number of aliphatic hydroxyl groups excluding tert-OH is 1. The molecule has 0 heterocycles. The number of likely N-dealkylation sites (N-methyl/N-ethyl adjacent to an activating group) is 1. The highest BCUT2D eigenvalue weighted by Crippen LogP contribution is 2.26. The van der Waals surface area contributed by atoms with Crippen LogP contribution in [0.1, 0.15) is 40.5 Å². The fraction of sp³-hybridized carbons (Fsp3) is 1.00. The van der Waals surface area contributed by atoms with Gasteiger partial charge in [0.15, 0.2) is 0 Å². The summed E-state index contributed by atoms with van der Waals surface area (Å²) in [4.78, 5) is 2.34. The third-order valence-electron chi connectivity index (χ3n) is 2.62. The summed E-state index contributed by atoms with van der Waals surface area (Å²) in [7, 11) is 0. The molecule has 3 heteroatoms. The Balaban J connectivity index is 2.19. The molecule has 15 heavy (non-hydrogen) atoms. The van der Waals surface area contributed by atoms with E-state index in [0.717, 1.165) is 19.1 Å². The number of hydrogen-bond acceptors (Lipinski definition) is 3. The van der Waals surface area contributed by atoms with Crippen LogP contribution in [0.15, 0.2) is 0 Å². The summed E-state index contributed by atoms with van der Waals surface area (Å²) in [6.07, 6.45) is 2.23. The topological polar surface area (TPSA) is 32.7 Å². The lowest BCUT2D eigenvalue weighted by Gasteiger charge is -2.26. The van der Waals surface area contributed by atoms with Crippen molar-refractivity contribution in [2.45, 2.75) is 58.3 Å². The molecule has 90 valence electrons. The van der Waals surface area contributed by atoms with E-state index in [1.807, 2.05) is 20.8 Å². The Morgan fingerprint density at radius 1 is 1.40 bits per heavy atom. The van der Waals surface area contributed by atoms with Gasteiger partial charge in [-0.1, -0.05) is 6.92 Å². The molecule has 0 aromatic heterocycles. The Morgan fingerprint density at radius 2 is 2.00 bits per heavy atom. The van der Waals surface area contributed by atoms with E-state index in [9.17, 15) is 5.11 Å². The first-order valence-electron chi connectivity index (χ1n) is 5.98. The van der Waals surface area contributed by atoms with Gasteiger partial charge in [-0.25, -0.2) is 0 Å². The zero-order valence-corrected chi connectivity index (χ0v) is 10.5. The summed E-state index contributed by atoms with van der Waals surface area (Å²) >= 11 is 0. The van der Waals surface area contributed by atoms with Crippen LogP contribution in [0.25, 0.3) is 0 Å². The smallest absolute Gasteiger partial charge is 0.0900 e. The average molecular weight is 215 g/mol. The van der Waals surface area contributed by atoms with Crippen LogP contribution in [0.4, 0.5) is 0 Å². The minimum absolute atomic E-state index is 0.155. The fourth-order valence-corrected chi connectivity index (χ4v) is 1.65. The normalized spacial score (nSPS) is 19.6. The minimum atomic E-state index is -0.357. The van der Waals surface area contributed by atoms with Gasteiger partial charge in [0.25, 0.3) is 0 Å². The van der Waals surface area contributed by atoms with Crippen LogP contribution in [0, 0.1) is 0 Å². The highest BCUT2D eigenvalue weighted by atomic mass is 16.5. The van der Waals surface area contributed by atoms with E-state index in [1.54, 1.807) is 0 Å². The van der Waals surface area contributed by atoms with E-state index in [4.69, 9.17) is 4.74 Å². The van der Waals surface area contributed by atoms with Gasteiger partial charge in [-0.3, -0.25) is 4.90 Å². The van der Waals surface area contributed by atoms with Crippen LogP contribution in [-0.4, -0.2) is 47.4 Å². The van der Waals surface area contributed by atoms with E-state index in [2.05, 4.69) is 11.8 Å². The Morgan fingerprint density at radius 3 is 2.40 bits per heavy atom. The number of rotatable bonds is 6. The molecule has 0 aliphatic heterocycles. The summed E-state index contributed by atoms with van der Waals surface area (Å²) in [5, 5.41) is 9.82. The number of hydrogen-bond donors (Lipinski definition) is 1. The molecule has 1 unspecified atom stereocenters. The standard InChI is InChI=1S/C12H25NO2/c1-5-13(10-6-7-10)8-11(14)9-15-12(2,3)4/h10-11,14H,5-9H2,1-4H3. The molecule has 0 bridgehead atoms.